The highest BCUT2D eigenvalue weighted by atomic mass is 14.2. The van der Waals surface area contributed by atoms with Gasteiger partial charge in [-0.3, -0.25) is 0 Å². The molecular formula is C54H68. The molecule has 8 aromatic rings. The molecule has 0 radical (unpaired) electrons. The summed E-state index contributed by atoms with van der Waals surface area (Å²) in [5.74, 6) is 0. The maximum Gasteiger partial charge on any atom is -0.000110 e. The molecule has 0 N–H and O–H groups in total. The van der Waals surface area contributed by atoms with E-state index in [0.717, 1.165) is 6.42 Å². The molecule has 0 aromatic heterocycles. The van der Waals surface area contributed by atoms with Gasteiger partial charge in [-0.1, -0.05) is 248 Å². The second-order valence-corrected chi connectivity index (χ2v) is 10.8. The van der Waals surface area contributed by atoms with E-state index < -0.39 is 0 Å². The fourth-order valence-corrected chi connectivity index (χ4v) is 6.83. The quantitative estimate of drug-likeness (QED) is 0.159. The van der Waals surface area contributed by atoms with E-state index in [4.69, 9.17) is 0 Å². The van der Waals surface area contributed by atoms with Gasteiger partial charge < -0.3 is 0 Å². The maximum absolute atomic E-state index is 2.31. The van der Waals surface area contributed by atoms with Gasteiger partial charge in [0, 0.05) is 0 Å². The molecule has 0 saturated carbocycles. The van der Waals surface area contributed by atoms with E-state index in [1.807, 2.05) is 83.1 Å². The molecular weight excluding hydrogens is 649 g/mol. The molecule has 0 unspecified atom stereocenters. The Morgan fingerprint density at radius 1 is 0.241 bits per heavy atom. The van der Waals surface area contributed by atoms with Crippen molar-refractivity contribution in [2.75, 3.05) is 0 Å². The zero-order chi connectivity index (χ0) is 39.2. The summed E-state index contributed by atoms with van der Waals surface area (Å²) in [5.41, 5.74) is 7.92. The molecule has 0 spiro atoms. The standard InChI is InChI=1S/C41H28.6C2H6.CH4/c1-3-15-28(16-4-1)40-34-23-11-7-19-30(34)38(31-20-8-12-24-35(31)40)27-39-32-21-9-13-25-36(32)41(29-17-5-2-6-18-29)37-26-14-10-22-33(37)39;6*1-2;/h1-26H,27H2;6*1-2H3;1H4. The van der Waals surface area contributed by atoms with Crippen molar-refractivity contribution < 1.29 is 0 Å². The van der Waals surface area contributed by atoms with Gasteiger partial charge in [0.2, 0.25) is 0 Å². The molecule has 0 atom stereocenters. The highest BCUT2D eigenvalue weighted by Gasteiger charge is 2.19. The molecule has 0 heteroatoms. The number of hydrogen-bond donors (Lipinski definition) is 0. The van der Waals surface area contributed by atoms with Crippen LogP contribution in [0.3, 0.4) is 0 Å². The van der Waals surface area contributed by atoms with Gasteiger partial charge in [0.05, 0.1) is 0 Å². The summed E-state index contributed by atoms with van der Waals surface area (Å²) in [5, 5.41) is 10.5. The largest absolute Gasteiger partial charge is 0.0776 e. The van der Waals surface area contributed by atoms with Crippen LogP contribution in [0.5, 0.6) is 0 Å². The van der Waals surface area contributed by atoms with Crippen molar-refractivity contribution in [3.8, 4) is 22.3 Å². The van der Waals surface area contributed by atoms with Crippen molar-refractivity contribution in [3.05, 3.63) is 169 Å². The lowest BCUT2D eigenvalue weighted by Gasteiger charge is -2.20. The molecule has 284 valence electrons. The minimum atomic E-state index is 0. The van der Waals surface area contributed by atoms with Gasteiger partial charge in [-0.15, -0.1) is 0 Å². The van der Waals surface area contributed by atoms with Crippen LogP contribution >= 0.6 is 0 Å². The first-order valence-corrected chi connectivity index (χ1v) is 20.3. The predicted octanol–water partition coefficient (Wildman–Crippen LogP) is 18.0. The van der Waals surface area contributed by atoms with E-state index in [2.05, 4.69) is 158 Å². The lowest BCUT2D eigenvalue weighted by atomic mass is 9.83. The van der Waals surface area contributed by atoms with Crippen LogP contribution in [0.15, 0.2) is 158 Å². The topological polar surface area (TPSA) is 0 Å². The number of hydrogen-bond acceptors (Lipinski definition) is 0. The van der Waals surface area contributed by atoms with Gasteiger partial charge in [0.1, 0.15) is 0 Å². The van der Waals surface area contributed by atoms with E-state index >= 15 is 0 Å². The third-order valence-electron chi connectivity index (χ3n) is 8.56. The molecule has 8 rings (SSSR count). The molecule has 0 aliphatic carbocycles. The first-order valence-electron chi connectivity index (χ1n) is 20.3. The lowest BCUT2D eigenvalue weighted by Crippen LogP contribution is -1.98. The summed E-state index contributed by atoms with van der Waals surface area (Å²) in [6, 6.07) is 57.5. The van der Waals surface area contributed by atoms with Crippen LogP contribution in [-0.4, -0.2) is 0 Å². The Balaban J connectivity index is 0.00000103. The van der Waals surface area contributed by atoms with E-state index in [1.54, 1.807) is 0 Å². The van der Waals surface area contributed by atoms with Crippen LogP contribution in [0.2, 0.25) is 0 Å². The zero-order valence-corrected chi connectivity index (χ0v) is 34.7. The van der Waals surface area contributed by atoms with Crippen molar-refractivity contribution in [1.82, 2.24) is 0 Å². The van der Waals surface area contributed by atoms with E-state index in [0.29, 0.717) is 0 Å². The summed E-state index contributed by atoms with van der Waals surface area (Å²) in [4.78, 5) is 0. The Morgan fingerprint density at radius 3 is 0.648 bits per heavy atom. The SMILES string of the molecule is C.CC.CC.CC.CC.CC.CC.c1ccc(-c2c3ccccc3c(Cc3c4ccccc4c(-c4ccccc4)c4ccccc34)c3ccccc23)cc1. The van der Waals surface area contributed by atoms with Crippen LogP contribution in [0.4, 0.5) is 0 Å². The average Bonchev–Trinajstić information content (AvgIpc) is 3.28. The highest BCUT2D eigenvalue weighted by molar-refractivity contribution is 6.18. The molecule has 0 saturated heterocycles. The first kappa shape index (κ1) is 46.8. The van der Waals surface area contributed by atoms with E-state index in [1.165, 1.54) is 76.5 Å². The van der Waals surface area contributed by atoms with Gasteiger partial charge in [-0.2, -0.15) is 0 Å². The first-order chi connectivity index (χ1) is 26.4. The van der Waals surface area contributed by atoms with Crippen LogP contribution < -0.4 is 0 Å². The molecule has 0 aliphatic rings. The Morgan fingerprint density at radius 2 is 0.426 bits per heavy atom. The molecule has 0 heterocycles. The fraction of sp³-hybridized carbons (Fsp3) is 0.259. The second kappa shape index (κ2) is 25.7. The summed E-state index contributed by atoms with van der Waals surface area (Å²) < 4.78 is 0. The highest BCUT2D eigenvalue weighted by Crippen LogP contribution is 2.44. The summed E-state index contributed by atoms with van der Waals surface area (Å²) in [6.07, 6.45) is 0.853. The van der Waals surface area contributed by atoms with Gasteiger partial charge in [0.15, 0.2) is 0 Å². The maximum atomic E-state index is 2.31. The molecule has 0 amide bonds. The summed E-state index contributed by atoms with van der Waals surface area (Å²) in [6.45, 7) is 24.0. The zero-order valence-electron chi connectivity index (χ0n) is 34.7. The average molecular weight is 717 g/mol. The van der Waals surface area contributed by atoms with E-state index in [9.17, 15) is 0 Å². The van der Waals surface area contributed by atoms with Gasteiger partial charge >= 0.3 is 0 Å². The van der Waals surface area contributed by atoms with Crippen molar-refractivity contribution in [2.45, 2.75) is 96.9 Å². The van der Waals surface area contributed by atoms with Crippen LogP contribution in [-0.2, 0) is 6.42 Å². The Hall–Kier alpha value is -5.20. The predicted molar refractivity (Wildman–Crippen MR) is 251 cm³/mol. The Kier molecular flexibility index (Phi) is 22.3. The molecule has 54 heavy (non-hydrogen) atoms. The second-order valence-electron chi connectivity index (χ2n) is 10.8. The third kappa shape index (κ3) is 10.1. The van der Waals surface area contributed by atoms with Gasteiger partial charge in [0.25, 0.3) is 0 Å². The summed E-state index contributed by atoms with van der Waals surface area (Å²) in [7, 11) is 0. The van der Waals surface area contributed by atoms with Gasteiger partial charge in [-0.25, -0.2) is 0 Å². The third-order valence-corrected chi connectivity index (χ3v) is 8.56. The Labute approximate surface area is 329 Å². The monoisotopic (exact) mass is 717 g/mol. The summed E-state index contributed by atoms with van der Waals surface area (Å²) >= 11 is 0. The van der Waals surface area contributed by atoms with Crippen LogP contribution in [0.25, 0.3) is 65.3 Å². The molecule has 8 aromatic carbocycles. The van der Waals surface area contributed by atoms with Crippen LogP contribution in [0.1, 0.15) is 102 Å². The minimum Gasteiger partial charge on any atom is -0.0776 e. The van der Waals surface area contributed by atoms with Crippen molar-refractivity contribution >= 4 is 43.1 Å². The lowest BCUT2D eigenvalue weighted by molar-refractivity contribution is 1.28. The molecule has 0 aliphatic heterocycles. The number of rotatable bonds is 4. The molecule has 0 fully saturated rings. The minimum absolute atomic E-state index is 0. The van der Waals surface area contributed by atoms with Crippen molar-refractivity contribution in [1.29, 1.82) is 0 Å². The van der Waals surface area contributed by atoms with Crippen molar-refractivity contribution in [2.24, 2.45) is 0 Å². The van der Waals surface area contributed by atoms with Crippen molar-refractivity contribution in [3.63, 3.8) is 0 Å². The number of benzene rings is 8. The normalized spacial score (nSPS) is 9.41. The Bertz CT molecular complexity index is 1930. The smallest absolute Gasteiger partial charge is 0.000110 e. The van der Waals surface area contributed by atoms with Gasteiger partial charge in [-0.05, 0) is 82.9 Å². The molecule has 0 bridgehead atoms. The van der Waals surface area contributed by atoms with Crippen LogP contribution in [0, 0.1) is 0 Å². The van der Waals surface area contributed by atoms with E-state index in [-0.39, 0.29) is 7.43 Å². The number of fused-ring (bicyclic) bond motifs is 4. The molecule has 0 nitrogen and oxygen atoms in total. The fourth-order valence-electron chi connectivity index (χ4n) is 6.83.